The van der Waals surface area contributed by atoms with Crippen molar-refractivity contribution in [3.63, 3.8) is 0 Å². The van der Waals surface area contributed by atoms with Gasteiger partial charge in [-0.2, -0.15) is 0 Å². The normalized spacial score (nSPS) is 18.9. The van der Waals surface area contributed by atoms with Crippen molar-refractivity contribution < 1.29 is 9.84 Å². The monoisotopic (exact) mass is 278 g/mol. The number of benzene rings is 1. The van der Waals surface area contributed by atoms with Crippen LogP contribution in [0.25, 0.3) is 0 Å². The SMILES string of the molecule is CCC(C)N1CCN(Cc2cc(OC)ccc2O)CC1. The summed E-state index contributed by atoms with van der Waals surface area (Å²) in [6, 6.07) is 6.10. The lowest BCUT2D eigenvalue weighted by Gasteiger charge is -2.37. The maximum absolute atomic E-state index is 9.95. The van der Waals surface area contributed by atoms with E-state index in [1.54, 1.807) is 19.2 Å². The summed E-state index contributed by atoms with van der Waals surface area (Å²) < 4.78 is 5.22. The Morgan fingerprint density at radius 3 is 2.55 bits per heavy atom. The van der Waals surface area contributed by atoms with Crippen molar-refractivity contribution in [2.24, 2.45) is 0 Å². The third-order valence-electron chi connectivity index (χ3n) is 4.30. The number of nitrogens with zero attached hydrogens (tertiary/aromatic N) is 2. The van der Waals surface area contributed by atoms with E-state index < -0.39 is 0 Å². The molecule has 1 aromatic rings. The van der Waals surface area contributed by atoms with Crippen LogP contribution in [0.2, 0.25) is 0 Å². The quantitative estimate of drug-likeness (QED) is 0.896. The Balaban J connectivity index is 1.92. The molecule has 4 heteroatoms. The van der Waals surface area contributed by atoms with Gasteiger partial charge in [-0.05, 0) is 31.5 Å². The van der Waals surface area contributed by atoms with Crippen molar-refractivity contribution in [2.75, 3.05) is 33.3 Å². The van der Waals surface area contributed by atoms with Crippen LogP contribution in [0.5, 0.6) is 11.5 Å². The molecule has 0 radical (unpaired) electrons. The molecule has 1 aliphatic rings. The summed E-state index contributed by atoms with van der Waals surface area (Å²) in [4.78, 5) is 4.94. The molecule has 1 aromatic carbocycles. The largest absolute Gasteiger partial charge is 0.508 e. The maximum atomic E-state index is 9.95. The zero-order valence-electron chi connectivity index (χ0n) is 12.8. The van der Waals surface area contributed by atoms with Crippen molar-refractivity contribution in [1.82, 2.24) is 9.80 Å². The molecule has 0 bridgehead atoms. The minimum atomic E-state index is 0.357. The van der Waals surface area contributed by atoms with Crippen molar-refractivity contribution in [3.8, 4) is 11.5 Å². The molecule has 0 aromatic heterocycles. The highest BCUT2D eigenvalue weighted by molar-refractivity contribution is 5.39. The van der Waals surface area contributed by atoms with Crippen LogP contribution >= 0.6 is 0 Å². The highest BCUT2D eigenvalue weighted by atomic mass is 16.5. The van der Waals surface area contributed by atoms with E-state index in [2.05, 4.69) is 23.6 Å². The van der Waals surface area contributed by atoms with Gasteiger partial charge < -0.3 is 9.84 Å². The molecular formula is C16H26N2O2. The Morgan fingerprint density at radius 1 is 1.25 bits per heavy atom. The number of phenolic OH excluding ortho intramolecular Hbond substituents is 1. The van der Waals surface area contributed by atoms with Crippen molar-refractivity contribution >= 4 is 0 Å². The third kappa shape index (κ3) is 3.64. The second kappa shape index (κ2) is 6.95. The van der Waals surface area contributed by atoms with Gasteiger partial charge in [0.2, 0.25) is 0 Å². The van der Waals surface area contributed by atoms with Crippen LogP contribution in [-0.2, 0) is 6.54 Å². The van der Waals surface area contributed by atoms with Crippen LogP contribution in [0.3, 0.4) is 0 Å². The van der Waals surface area contributed by atoms with Crippen LogP contribution in [0.4, 0.5) is 0 Å². The van der Waals surface area contributed by atoms with E-state index in [1.165, 1.54) is 6.42 Å². The fraction of sp³-hybridized carbons (Fsp3) is 0.625. The number of methoxy groups -OCH3 is 1. The molecule has 0 saturated carbocycles. The molecule has 4 nitrogen and oxygen atoms in total. The molecule has 1 saturated heterocycles. The van der Waals surface area contributed by atoms with Crippen LogP contribution in [0, 0.1) is 0 Å². The maximum Gasteiger partial charge on any atom is 0.120 e. The van der Waals surface area contributed by atoms with Crippen LogP contribution in [0.1, 0.15) is 25.8 Å². The summed E-state index contributed by atoms with van der Waals surface area (Å²) in [6.45, 7) is 9.66. The van der Waals surface area contributed by atoms with Crippen molar-refractivity contribution in [1.29, 1.82) is 0 Å². The molecule has 1 atom stereocenters. The molecular weight excluding hydrogens is 252 g/mol. The summed E-state index contributed by atoms with van der Waals surface area (Å²) in [5.74, 6) is 1.16. The van der Waals surface area contributed by atoms with E-state index in [4.69, 9.17) is 4.74 Å². The highest BCUT2D eigenvalue weighted by Gasteiger charge is 2.20. The molecule has 0 aliphatic carbocycles. The third-order valence-corrected chi connectivity index (χ3v) is 4.30. The lowest BCUT2D eigenvalue weighted by atomic mass is 10.1. The first-order valence-electron chi connectivity index (χ1n) is 7.46. The summed E-state index contributed by atoms with van der Waals surface area (Å²) in [5.41, 5.74) is 0.946. The van der Waals surface area contributed by atoms with Gasteiger partial charge in [-0.15, -0.1) is 0 Å². The average molecular weight is 278 g/mol. The van der Waals surface area contributed by atoms with Gasteiger partial charge in [0.25, 0.3) is 0 Å². The van der Waals surface area contributed by atoms with Gasteiger partial charge in [0.1, 0.15) is 11.5 Å². The molecule has 0 amide bonds. The fourth-order valence-corrected chi connectivity index (χ4v) is 2.68. The van der Waals surface area contributed by atoms with Crippen LogP contribution < -0.4 is 4.74 Å². The highest BCUT2D eigenvalue weighted by Crippen LogP contribution is 2.24. The van der Waals surface area contributed by atoms with Crippen molar-refractivity contribution in [3.05, 3.63) is 23.8 Å². The number of piperazine rings is 1. The summed E-state index contributed by atoms with van der Waals surface area (Å²) >= 11 is 0. The number of hydrogen-bond donors (Lipinski definition) is 1. The molecule has 1 unspecified atom stereocenters. The molecule has 2 rings (SSSR count). The van der Waals surface area contributed by atoms with Gasteiger partial charge in [0.05, 0.1) is 7.11 Å². The first-order valence-corrected chi connectivity index (χ1v) is 7.46. The topological polar surface area (TPSA) is 35.9 Å². The van der Waals surface area contributed by atoms with Gasteiger partial charge >= 0.3 is 0 Å². The van der Waals surface area contributed by atoms with Crippen molar-refractivity contribution in [2.45, 2.75) is 32.9 Å². The number of hydrogen-bond acceptors (Lipinski definition) is 4. The number of ether oxygens (including phenoxy) is 1. The first-order chi connectivity index (χ1) is 9.63. The van der Waals surface area contributed by atoms with E-state index in [1.807, 2.05) is 6.07 Å². The fourth-order valence-electron chi connectivity index (χ4n) is 2.68. The molecule has 1 heterocycles. The van der Waals surface area contributed by atoms with Crippen LogP contribution in [0.15, 0.2) is 18.2 Å². The Kier molecular flexibility index (Phi) is 5.26. The predicted octanol–water partition coefficient (Wildman–Crippen LogP) is 2.32. The Bertz CT molecular complexity index is 428. The second-order valence-corrected chi connectivity index (χ2v) is 5.56. The number of rotatable bonds is 5. The minimum Gasteiger partial charge on any atom is -0.508 e. The van der Waals surface area contributed by atoms with Gasteiger partial charge in [-0.3, -0.25) is 9.80 Å². The average Bonchev–Trinajstić information content (AvgIpc) is 2.49. The summed E-state index contributed by atoms with van der Waals surface area (Å²) in [5, 5.41) is 9.95. The van der Waals surface area contributed by atoms with Gasteiger partial charge in [-0.1, -0.05) is 6.92 Å². The zero-order chi connectivity index (χ0) is 14.5. The van der Waals surface area contributed by atoms with E-state index in [0.717, 1.165) is 44.0 Å². The Labute approximate surface area is 122 Å². The smallest absolute Gasteiger partial charge is 0.120 e. The Hall–Kier alpha value is -1.26. The molecule has 1 fully saturated rings. The zero-order valence-corrected chi connectivity index (χ0v) is 12.8. The lowest BCUT2D eigenvalue weighted by Crippen LogP contribution is -2.48. The number of phenols is 1. The molecule has 1 N–H and O–H groups in total. The number of aromatic hydroxyl groups is 1. The standard InChI is InChI=1S/C16H26N2O2/c1-4-13(2)18-9-7-17(8-10-18)12-14-11-15(20-3)5-6-16(14)19/h5-6,11,13,19H,4,7-10,12H2,1-3H3. The van der Waals surface area contributed by atoms with Crippen LogP contribution in [-0.4, -0.2) is 54.2 Å². The first kappa shape index (κ1) is 15.1. The van der Waals surface area contributed by atoms with Gasteiger partial charge in [-0.25, -0.2) is 0 Å². The molecule has 20 heavy (non-hydrogen) atoms. The lowest BCUT2D eigenvalue weighted by molar-refractivity contribution is 0.0958. The van der Waals surface area contributed by atoms with E-state index >= 15 is 0 Å². The molecule has 112 valence electrons. The Morgan fingerprint density at radius 2 is 1.95 bits per heavy atom. The van der Waals surface area contributed by atoms with Gasteiger partial charge in [0.15, 0.2) is 0 Å². The van der Waals surface area contributed by atoms with E-state index in [-0.39, 0.29) is 0 Å². The minimum absolute atomic E-state index is 0.357. The summed E-state index contributed by atoms with van der Waals surface area (Å²) in [6.07, 6.45) is 1.21. The van der Waals surface area contributed by atoms with Gasteiger partial charge in [0, 0.05) is 44.3 Å². The molecule has 1 aliphatic heterocycles. The predicted molar refractivity (Wildman–Crippen MR) is 81.3 cm³/mol. The van der Waals surface area contributed by atoms with E-state index in [0.29, 0.717) is 11.8 Å². The second-order valence-electron chi connectivity index (χ2n) is 5.56. The summed E-state index contributed by atoms with van der Waals surface area (Å²) in [7, 11) is 1.65. The molecule has 0 spiro atoms. The van der Waals surface area contributed by atoms with E-state index in [9.17, 15) is 5.11 Å².